The standard InChI is InChI=1S/C24H36ClN7O/c1-17-12-30(13-17)14-22-15-32(20-8-10-31(11-9-20)24-27-23(26)28-29-24)21(16-33-22)7-4-18-2-5-19(25)6-3-18/h2-3,5-6,17,20-22H,4,7-16H2,1H3,(H3,26,27,28,29)/t21-,22-/m0/s1. The number of ether oxygens (including phenoxy) is 1. The molecular formula is C24H36ClN7O. The number of hydrogen-bond donors (Lipinski definition) is 2. The molecule has 8 nitrogen and oxygen atoms in total. The number of piperidine rings is 1. The molecule has 0 unspecified atom stereocenters. The summed E-state index contributed by atoms with van der Waals surface area (Å²) in [6, 6.07) is 9.28. The lowest BCUT2D eigenvalue weighted by Crippen LogP contribution is -2.59. The summed E-state index contributed by atoms with van der Waals surface area (Å²) >= 11 is 6.07. The molecule has 3 aliphatic rings. The Balaban J connectivity index is 1.21. The highest BCUT2D eigenvalue weighted by atomic mass is 35.5. The topological polar surface area (TPSA) is 86.5 Å². The lowest BCUT2D eigenvalue weighted by atomic mass is 9.95. The zero-order valence-electron chi connectivity index (χ0n) is 19.5. The molecule has 33 heavy (non-hydrogen) atoms. The van der Waals surface area contributed by atoms with Gasteiger partial charge in [-0.15, -0.1) is 5.10 Å². The molecule has 0 spiro atoms. The Hall–Kier alpha value is -1.87. The molecule has 3 saturated heterocycles. The Morgan fingerprint density at radius 2 is 1.91 bits per heavy atom. The van der Waals surface area contributed by atoms with Crippen molar-refractivity contribution >= 4 is 23.5 Å². The molecule has 1 aromatic carbocycles. The van der Waals surface area contributed by atoms with Gasteiger partial charge in [-0.1, -0.05) is 30.7 Å². The lowest BCUT2D eigenvalue weighted by molar-refractivity contribution is -0.101. The summed E-state index contributed by atoms with van der Waals surface area (Å²) in [5.41, 5.74) is 7.07. The summed E-state index contributed by atoms with van der Waals surface area (Å²) in [6.45, 7) is 9.55. The van der Waals surface area contributed by atoms with Crippen molar-refractivity contribution in [3.8, 4) is 0 Å². The molecule has 3 N–H and O–H groups in total. The van der Waals surface area contributed by atoms with Crippen LogP contribution in [0.4, 0.5) is 11.9 Å². The molecule has 3 aliphatic heterocycles. The number of aromatic nitrogens is 3. The van der Waals surface area contributed by atoms with Crippen molar-refractivity contribution in [1.29, 1.82) is 0 Å². The molecule has 0 aliphatic carbocycles. The van der Waals surface area contributed by atoms with Crippen LogP contribution in [0.2, 0.25) is 5.02 Å². The number of nitrogens with one attached hydrogen (secondary N) is 1. The number of nitrogens with two attached hydrogens (primary N) is 1. The first kappa shape index (κ1) is 22.9. The molecule has 2 aromatic rings. The molecule has 9 heteroatoms. The van der Waals surface area contributed by atoms with Crippen LogP contribution in [0.3, 0.4) is 0 Å². The van der Waals surface area contributed by atoms with E-state index in [-0.39, 0.29) is 0 Å². The fourth-order valence-electron chi connectivity index (χ4n) is 5.64. The van der Waals surface area contributed by atoms with Crippen LogP contribution in [0.15, 0.2) is 24.3 Å². The Kier molecular flexibility index (Phi) is 7.06. The first-order chi connectivity index (χ1) is 16.0. The van der Waals surface area contributed by atoms with Gasteiger partial charge < -0.3 is 20.3 Å². The fraction of sp³-hybridized carbons (Fsp3) is 0.667. The maximum Gasteiger partial charge on any atom is 0.246 e. The molecule has 0 saturated carbocycles. The second-order valence-electron chi connectivity index (χ2n) is 10.0. The summed E-state index contributed by atoms with van der Waals surface area (Å²) in [5.74, 6) is 1.92. The van der Waals surface area contributed by atoms with Crippen LogP contribution < -0.4 is 10.6 Å². The number of benzene rings is 1. The number of nitrogen functional groups attached to an aromatic ring is 1. The van der Waals surface area contributed by atoms with Crippen LogP contribution in [0.1, 0.15) is 31.7 Å². The van der Waals surface area contributed by atoms with E-state index in [1.807, 2.05) is 12.1 Å². The largest absolute Gasteiger partial charge is 0.374 e. The van der Waals surface area contributed by atoms with E-state index >= 15 is 0 Å². The summed E-state index contributed by atoms with van der Waals surface area (Å²) < 4.78 is 6.40. The van der Waals surface area contributed by atoms with Gasteiger partial charge in [0.1, 0.15) is 0 Å². The van der Waals surface area contributed by atoms with Gasteiger partial charge in [0.25, 0.3) is 0 Å². The molecule has 0 radical (unpaired) electrons. The Bertz CT molecular complexity index is 892. The van der Waals surface area contributed by atoms with E-state index in [2.05, 4.69) is 48.9 Å². The van der Waals surface area contributed by atoms with Crippen LogP contribution in [0.25, 0.3) is 0 Å². The van der Waals surface area contributed by atoms with Gasteiger partial charge in [-0.3, -0.25) is 4.90 Å². The molecule has 3 fully saturated rings. The van der Waals surface area contributed by atoms with Crippen molar-refractivity contribution in [1.82, 2.24) is 25.0 Å². The van der Waals surface area contributed by atoms with Gasteiger partial charge in [0, 0.05) is 56.4 Å². The van der Waals surface area contributed by atoms with E-state index in [1.54, 1.807) is 0 Å². The minimum atomic E-state index is 0.301. The molecule has 4 heterocycles. The highest BCUT2D eigenvalue weighted by Crippen LogP contribution is 2.28. The Labute approximate surface area is 201 Å². The molecule has 5 rings (SSSR count). The van der Waals surface area contributed by atoms with Gasteiger partial charge in [-0.2, -0.15) is 4.98 Å². The second-order valence-corrected chi connectivity index (χ2v) is 10.5. The van der Waals surface area contributed by atoms with Crippen molar-refractivity contribution in [2.75, 3.05) is 56.5 Å². The van der Waals surface area contributed by atoms with Crippen LogP contribution in [-0.4, -0.2) is 89.0 Å². The summed E-state index contributed by atoms with van der Waals surface area (Å²) in [5, 5.41) is 7.80. The zero-order chi connectivity index (χ0) is 22.8. The smallest absolute Gasteiger partial charge is 0.246 e. The SMILES string of the molecule is CC1CN(C[C@H]2CN(C3CCN(c4n[nH]c(N)n4)CC3)[C@@H](CCc3ccc(Cl)cc3)CO2)C1. The maximum atomic E-state index is 6.40. The number of anilines is 2. The predicted molar refractivity (Wildman–Crippen MR) is 132 cm³/mol. The number of halogens is 1. The van der Waals surface area contributed by atoms with E-state index in [1.165, 1.54) is 18.7 Å². The van der Waals surface area contributed by atoms with E-state index < -0.39 is 0 Å². The molecular weight excluding hydrogens is 438 g/mol. The normalized spacial score (nSPS) is 25.9. The summed E-state index contributed by atoms with van der Waals surface area (Å²) in [6.07, 6.45) is 4.67. The van der Waals surface area contributed by atoms with Crippen molar-refractivity contribution in [3.63, 3.8) is 0 Å². The lowest BCUT2D eigenvalue weighted by Gasteiger charge is -2.48. The van der Waals surface area contributed by atoms with Crippen molar-refractivity contribution in [3.05, 3.63) is 34.9 Å². The average molecular weight is 474 g/mol. The summed E-state index contributed by atoms with van der Waals surface area (Å²) in [4.78, 5) is 11.9. The van der Waals surface area contributed by atoms with Crippen LogP contribution >= 0.6 is 11.6 Å². The number of morpholine rings is 1. The first-order valence-electron chi connectivity index (χ1n) is 12.3. The highest BCUT2D eigenvalue weighted by Gasteiger charge is 2.37. The molecule has 0 bridgehead atoms. The van der Waals surface area contributed by atoms with E-state index in [4.69, 9.17) is 22.1 Å². The predicted octanol–water partition coefficient (Wildman–Crippen LogP) is 2.66. The molecule has 0 amide bonds. The second kappa shape index (κ2) is 10.2. The van der Waals surface area contributed by atoms with Crippen LogP contribution in [0.5, 0.6) is 0 Å². The molecule has 2 atom stereocenters. The number of hydrogen-bond acceptors (Lipinski definition) is 7. The number of H-pyrrole nitrogens is 1. The third kappa shape index (κ3) is 5.62. The molecule has 1 aromatic heterocycles. The Morgan fingerprint density at radius 1 is 1.15 bits per heavy atom. The quantitative estimate of drug-likeness (QED) is 0.639. The third-order valence-corrected chi connectivity index (χ3v) is 7.65. The third-order valence-electron chi connectivity index (χ3n) is 7.40. The Morgan fingerprint density at radius 3 is 2.58 bits per heavy atom. The van der Waals surface area contributed by atoms with Crippen LogP contribution in [-0.2, 0) is 11.2 Å². The van der Waals surface area contributed by atoms with Gasteiger partial charge in [0.05, 0.1) is 12.7 Å². The first-order valence-corrected chi connectivity index (χ1v) is 12.7. The number of nitrogens with zero attached hydrogens (tertiary/aromatic N) is 5. The minimum Gasteiger partial charge on any atom is -0.374 e. The number of likely N-dealkylation sites (tertiary alicyclic amines) is 1. The fourth-order valence-corrected chi connectivity index (χ4v) is 5.77. The van der Waals surface area contributed by atoms with Crippen molar-refractivity contribution in [2.45, 2.75) is 50.8 Å². The van der Waals surface area contributed by atoms with Crippen molar-refractivity contribution < 1.29 is 4.74 Å². The van der Waals surface area contributed by atoms with Crippen molar-refractivity contribution in [2.24, 2.45) is 5.92 Å². The van der Waals surface area contributed by atoms with Gasteiger partial charge in [0.15, 0.2) is 0 Å². The maximum absolute atomic E-state index is 6.40. The van der Waals surface area contributed by atoms with Gasteiger partial charge in [0.2, 0.25) is 11.9 Å². The number of aryl methyl sites for hydroxylation is 1. The van der Waals surface area contributed by atoms with Crippen LogP contribution in [0, 0.1) is 5.92 Å². The average Bonchev–Trinajstić information content (AvgIpc) is 3.24. The van der Waals surface area contributed by atoms with E-state index in [0.717, 1.165) is 75.4 Å². The zero-order valence-corrected chi connectivity index (χ0v) is 20.3. The molecule has 180 valence electrons. The van der Waals surface area contributed by atoms with E-state index in [0.29, 0.717) is 24.1 Å². The highest BCUT2D eigenvalue weighted by molar-refractivity contribution is 6.30. The summed E-state index contributed by atoms with van der Waals surface area (Å²) in [7, 11) is 0. The van der Waals surface area contributed by atoms with Gasteiger partial charge in [-0.25, -0.2) is 5.10 Å². The van der Waals surface area contributed by atoms with Gasteiger partial charge >= 0.3 is 0 Å². The van der Waals surface area contributed by atoms with Gasteiger partial charge in [-0.05, 0) is 49.3 Å². The number of rotatable bonds is 7. The monoisotopic (exact) mass is 473 g/mol. The van der Waals surface area contributed by atoms with E-state index in [9.17, 15) is 0 Å². The minimum absolute atomic E-state index is 0.301. The number of aromatic amines is 1.